The number of alkyl halides is 3. The van der Waals surface area contributed by atoms with E-state index in [4.69, 9.17) is 14.5 Å². The van der Waals surface area contributed by atoms with Gasteiger partial charge in [-0.3, -0.25) is 4.79 Å². The molecular weight excluding hydrogens is 527 g/mol. The van der Waals surface area contributed by atoms with Crippen molar-refractivity contribution in [3.05, 3.63) is 47.8 Å². The standard InChI is InChI=1S/C29H36F3N3O3S/c1-28(2,3)27-33-22-17-21(10-11-23(22)35(27)14-7-6-13-29(30,31)32)39-25-12-15-34(26(25)36)18-19-8-9-20(37-4)16-24(19)38-5/h8-11,16-17,25H,6-7,12-15,18H2,1-5H3. The van der Waals surface area contributed by atoms with E-state index in [-0.39, 0.29) is 23.0 Å². The zero-order chi connectivity index (χ0) is 28.4. The Kier molecular flexibility index (Phi) is 8.73. The molecule has 1 aliphatic heterocycles. The summed E-state index contributed by atoms with van der Waals surface area (Å²) in [5.74, 6) is 2.32. The van der Waals surface area contributed by atoms with Crippen molar-refractivity contribution in [3.8, 4) is 11.5 Å². The molecule has 0 spiro atoms. The number of halogens is 3. The molecule has 6 nitrogen and oxygen atoms in total. The van der Waals surface area contributed by atoms with Crippen LogP contribution in [0, 0.1) is 0 Å². The smallest absolute Gasteiger partial charge is 0.389 e. The fourth-order valence-electron chi connectivity index (χ4n) is 4.91. The number of carbonyl (C=O) groups excluding carboxylic acids is 1. The van der Waals surface area contributed by atoms with Crippen LogP contribution in [0.25, 0.3) is 11.0 Å². The number of unbranched alkanes of at least 4 members (excludes halogenated alkanes) is 1. The second-order valence-electron chi connectivity index (χ2n) is 10.9. The fraction of sp³-hybridized carbons (Fsp3) is 0.517. The molecule has 1 saturated heterocycles. The zero-order valence-electron chi connectivity index (χ0n) is 23.1. The lowest BCUT2D eigenvalue weighted by Crippen LogP contribution is -2.28. The van der Waals surface area contributed by atoms with E-state index in [2.05, 4.69) is 20.8 Å². The largest absolute Gasteiger partial charge is 0.497 e. The van der Waals surface area contributed by atoms with E-state index in [1.807, 2.05) is 45.9 Å². The highest BCUT2D eigenvalue weighted by Crippen LogP contribution is 2.36. The van der Waals surface area contributed by atoms with Gasteiger partial charge >= 0.3 is 6.18 Å². The molecule has 2 aromatic carbocycles. The SMILES string of the molecule is COc1ccc(CN2CCC(Sc3ccc4c(c3)nc(C(C)(C)C)n4CCCCC(F)(F)F)C2=O)c(OC)c1. The molecule has 0 radical (unpaired) electrons. The number of methoxy groups -OCH3 is 2. The normalized spacial score (nSPS) is 16.4. The Bertz CT molecular complexity index is 1320. The second kappa shape index (κ2) is 11.7. The van der Waals surface area contributed by atoms with Crippen molar-refractivity contribution in [1.82, 2.24) is 14.5 Å². The number of thioether (sulfide) groups is 1. The van der Waals surface area contributed by atoms with Crippen molar-refractivity contribution in [2.75, 3.05) is 20.8 Å². The molecular formula is C29H36F3N3O3S. The predicted molar refractivity (Wildman–Crippen MR) is 148 cm³/mol. The number of aryl methyl sites for hydroxylation is 1. The summed E-state index contributed by atoms with van der Waals surface area (Å²) < 4.78 is 50.7. The molecule has 1 amide bonds. The zero-order valence-corrected chi connectivity index (χ0v) is 23.9. The number of hydrogen-bond acceptors (Lipinski definition) is 5. The van der Waals surface area contributed by atoms with Gasteiger partial charge in [-0.1, -0.05) is 20.8 Å². The third kappa shape index (κ3) is 7.01. The molecule has 212 valence electrons. The minimum atomic E-state index is -4.13. The van der Waals surface area contributed by atoms with E-state index in [1.54, 1.807) is 14.2 Å². The molecule has 3 aromatic rings. The molecule has 1 aromatic heterocycles. The monoisotopic (exact) mass is 563 g/mol. The highest BCUT2D eigenvalue weighted by Gasteiger charge is 2.33. The summed E-state index contributed by atoms with van der Waals surface area (Å²) in [7, 11) is 3.21. The van der Waals surface area contributed by atoms with Gasteiger partial charge in [-0.15, -0.1) is 11.8 Å². The van der Waals surface area contributed by atoms with E-state index in [1.165, 1.54) is 11.8 Å². The Labute approximate surface area is 231 Å². The molecule has 0 N–H and O–H groups in total. The molecule has 0 aliphatic carbocycles. The van der Waals surface area contributed by atoms with Gasteiger partial charge in [0.1, 0.15) is 17.3 Å². The minimum Gasteiger partial charge on any atom is -0.497 e. The van der Waals surface area contributed by atoms with Crippen LogP contribution in [0.2, 0.25) is 0 Å². The third-order valence-corrected chi connectivity index (χ3v) is 8.11. The van der Waals surface area contributed by atoms with Crippen LogP contribution in [0.5, 0.6) is 11.5 Å². The Balaban J connectivity index is 1.47. The lowest BCUT2D eigenvalue weighted by atomic mass is 9.95. The number of likely N-dealkylation sites (tertiary alicyclic amines) is 1. The van der Waals surface area contributed by atoms with Crippen LogP contribution in [-0.4, -0.2) is 52.5 Å². The number of hydrogen-bond donors (Lipinski definition) is 0. The molecule has 1 atom stereocenters. The van der Waals surface area contributed by atoms with Gasteiger partial charge in [0, 0.05) is 48.0 Å². The minimum absolute atomic E-state index is 0.0866. The lowest BCUT2D eigenvalue weighted by molar-refractivity contribution is -0.135. The second-order valence-corrected chi connectivity index (χ2v) is 12.2. The number of rotatable bonds is 10. The van der Waals surface area contributed by atoms with E-state index in [0.717, 1.165) is 33.7 Å². The summed E-state index contributed by atoms with van der Waals surface area (Å²) in [6.45, 7) is 7.78. The Morgan fingerprint density at radius 1 is 1.05 bits per heavy atom. The van der Waals surface area contributed by atoms with E-state index in [0.29, 0.717) is 37.6 Å². The van der Waals surface area contributed by atoms with Crippen LogP contribution in [0.15, 0.2) is 41.3 Å². The van der Waals surface area contributed by atoms with Gasteiger partial charge in [-0.05, 0) is 49.6 Å². The summed E-state index contributed by atoms with van der Waals surface area (Å²) >= 11 is 1.53. The molecule has 1 fully saturated rings. The van der Waals surface area contributed by atoms with Crippen molar-refractivity contribution in [2.24, 2.45) is 0 Å². The first kappa shape index (κ1) is 29.1. The summed E-state index contributed by atoms with van der Waals surface area (Å²) in [6.07, 6.45) is -3.66. The molecule has 4 rings (SSSR count). The predicted octanol–water partition coefficient (Wildman–Crippen LogP) is 6.98. The van der Waals surface area contributed by atoms with Crippen LogP contribution in [0.1, 0.15) is 57.8 Å². The van der Waals surface area contributed by atoms with Gasteiger partial charge in [0.25, 0.3) is 0 Å². The van der Waals surface area contributed by atoms with E-state index >= 15 is 0 Å². The van der Waals surface area contributed by atoms with Crippen LogP contribution in [0.3, 0.4) is 0 Å². The van der Waals surface area contributed by atoms with Crippen LogP contribution >= 0.6 is 11.8 Å². The molecule has 39 heavy (non-hydrogen) atoms. The van der Waals surface area contributed by atoms with Crippen molar-refractivity contribution in [1.29, 1.82) is 0 Å². The highest BCUT2D eigenvalue weighted by atomic mass is 32.2. The van der Waals surface area contributed by atoms with Gasteiger partial charge in [0.15, 0.2) is 0 Å². The maximum atomic E-state index is 13.2. The van der Waals surface area contributed by atoms with Gasteiger partial charge in [0.2, 0.25) is 5.91 Å². The average molecular weight is 564 g/mol. The van der Waals surface area contributed by atoms with Gasteiger partial charge < -0.3 is 18.9 Å². The maximum absolute atomic E-state index is 13.2. The van der Waals surface area contributed by atoms with Gasteiger partial charge in [0.05, 0.1) is 30.5 Å². The van der Waals surface area contributed by atoms with Crippen molar-refractivity contribution < 1.29 is 27.4 Å². The van der Waals surface area contributed by atoms with Crippen LogP contribution < -0.4 is 9.47 Å². The van der Waals surface area contributed by atoms with E-state index < -0.39 is 12.6 Å². The topological polar surface area (TPSA) is 56.6 Å². The fourth-order valence-corrected chi connectivity index (χ4v) is 6.03. The molecule has 1 unspecified atom stereocenters. The first-order valence-corrected chi connectivity index (χ1v) is 14.0. The van der Waals surface area contributed by atoms with Crippen molar-refractivity contribution in [3.63, 3.8) is 0 Å². The summed E-state index contributed by atoms with van der Waals surface area (Å²) in [5.41, 5.74) is 2.36. The van der Waals surface area contributed by atoms with Gasteiger partial charge in [-0.25, -0.2) is 4.98 Å². The molecule has 0 bridgehead atoms. The van der Waals surface area contributed by atoms with Gasteiger partial charge in [-0.2, -0.15) is 13.2 Å². The number of amides is 1. The third-order valence-electron chi connectivity index (χ3n) is 6.86. The first-order chi connectivity index (χ1) is 18.4. The highest BCUT2D eigenvalue weighted by molar-refractivity contribution is 8.00. The Morgan fingerprint density at radius 3 is 2.49 bits per heavy atom. The lowest BCUT2D eigenvalue weighted by Gasteiger charge is -2.20. The maximum Gasteiger partial charge on any atom is 0.389 e. The molecule has 0 saturated carbocycles. The number of nitrogens with zero attached hydrogens (tertiary/aromatic N) is 3. The Morgan fingerprint density at radius 2 is 1.82 bits per heavy atom. The number of ether oxygens (including phenoxy) is 2. The number of carbonyl (C=O) groups is 1. The van der Waals surface area contributed by atoms with Crippen molar-refractivity contribution in [2.45, 2.75) is 81.3 Å². The average Bonchev–Trinajstić information content (AvgIpc) is 3.41. The van der Waals surface area contributed by atoms with Crippen LogP contribution in [0.4, 0.5) is 13.2 Å². The quantitative estimate of drug-likeness (QED) is 0.249. The summed E-state index contributed by atoms with van der Waals surface area (Å²) in [5, 5.41) is -0.196. The van der Waals surface area contributed by atoms with E-state index in [9.17, 15) is 18.0 Å². The number of fused-ring (bicyclic) bond motifs is 1. The molecule has 1 aliphatic rings. The summed E-state index contributed by atoms with van der Waals surface area (Å²) in [4.78, 5) is 20.9. The number of imidazole rings is 1. The number of aromatic nitrogens is 2. The number of benzene rings is 2. The van der Waals surface area contributed by atoms with Crippen molar-refractivity contribution >= 4 is 28.7 Å². The van der Waals surface area contributed by atoms with Crippen LogP contribution in [-0.2, 0) is 23.3 Å². The molecule has 10 heteroatoms. The summed E-state index contributed by atoms with van der Waals surface area (Å²) in [6, 6.07) is 11.5. The first-order valence-electron chi connectivity index (χ1n) is 13.1. The Hall–Kier alpha value is -2.88. The molecule has 2 heterocycles.